The van der Waals surface area contributed by atoms with Crippen molar-refractivity contribution in [3.8, 4) is 0 Å². The number of benzene rings is 3. The largest absolute Gasteiger partial charge is 0.325 e. The average Bonchev–Trinajstić information content (AvgIpc) is 2.69. The van der Waals surface area contributed by atoms with Crippen LogP contribution in [0.2, 0.25) is 0 Å². The molecule has 0 fully saturated rings. The third kappa shape index (κ3) is 4.84. The number of rotatable bonds is 6. The van der Waals surface area contributed by atoms with E-state index in [9.17, 15) is 13.2 Å². The van der Waals surface area contributed by atoms with E-state index in [0.717, 1.165) is 21.0 Å². The molecule has 0 aliphatic rings. The molecule has 0 bridgehead atoms. The summed E-state index contributed by atoms with van der Waals surface area (Å²) in [6.07, 6.45) is 0. The van der Waals surface area contributed by atoms with Crippen LogP contribution in [-0.4, -0.2) is 20.9 Å². The van der Waals surface area contributed by atoms with Crippen molar-refractivity contribution in [1.29, 1.82) is 0 Å². The van der Waals surface area contributed by atoms with Gasteiger partial charge >= 0.3 is 0 Å². The highest BCUT2D eigenvalue weighted by Gasteiger charge is 2.27. The molecule has 3 aromatic carbocycles. The molecule has 3 rings (SSSR count). The molecule has 0 radical (unpaired) electrons. The van der Waals surface area contributed by atoms with Crippen LogP contribution in [0.3, 0.4) is 0 Å². The maximum Gasteiger partial charge on any atom is 0.264 e. The van der Waals surface area contributed by atoms with Crippen LogP contribution in [0.4, 0.5) is 11.4 Å². The van der Waals surface area contributed by atoms with E-state index in [0.29, 0.717) is 11.4 Å². The van der Waals surface area contributed by atoms with Gasteiger partial charge in [-0.2, -0.15) is 0 Å². The first kappa shape index (κ1) is 20.6. The lowest BCUT2D eigenvalue weighted by Gasteiger charge is -2.25. The van der Waals surface area contributed by atoms with Crippen LogP contribution in [0, 0.1) is 20.8 Å². The Hall–Kier alpha value is -3.12. The molecule has 0 atom stereocenters. The van der Waals surface area contributed by atoms with Crippen LogP contribution < -0.4 is 9.62 Å². The molecule has 0 spiro atoms. The summed E-state index contributed by atoms with van der Waals surface area (Å²) in [5.41, 5.74) is 4.04. The number of hydrogen-bond donors (Lipinski definition) is 1. The Labute approximate surface area is 172 Å². The summed E-state index contributed by atoms with van der Waals surface area (Å²) in [5.74, 6) is -0.412. The van der Waals surface area contributed by atoms with E-state index in [2.05, 4.69) is 5.32 Å². The Morgan fingerprint density at radius 3 is 2.14 bits per heavy atom. The number of para-hydroxylation sites is 1. The molecule has 0 aliphatic carbocycles. The van der Waals surface area contributed by atoms with Gasteiger partial charge in [0.15, 0.2) is 0 Å². The lowest BCUT2D eigenvalue weighted by Crippen LogP contribution is -2.38. The average molecular weight is 409 g/mol. The second kappa shape index (κ2) is 8.49. The maximum absolute atomic E-state index is 13.4. The normalized spacial score (nSPS) is 11.1. The van der Waals surface area contributed by atoms with Crippen LogP contribution in [0.5, 0.6) is 0 Å². The Morgan fingerprint density at radius 2 is 1.52 bits per heavy atom. The third-order valence-electron chi connectivity index (χ3n) is 4.73. The molecule has 3 aromatic rings. The molecule has 1 amide bonds. The SMILES string of the molecule is Cc1ccc(S(=O)(=O)N(CC(=O)Nc2ccccc2)c2ccc(C)c(C)c2)cc1. The molecule has 0 aromatic heterocycles. The van der Waals surface area contributed by atoms with Gasteiger partial charge in [0.05, 0.1) is 10.6 Å². The molecule has 0 aliphatic heterocycles. The first-order valence-corrected chi connectivity index (χ1v) is 10.7. The van der Waals surface area contributed by atoms with Crippen molar-refractivity contribution in [3.63, 3.8) is 0 Å². The minimum atomic E-state index is -3.92. The highest BCUT2D eigenvalue weighted by atomic mass is 32.2. The number of sulfonamides is 1. The van der Waals surface area contributed by atoms with Gasteiger partial charge in [0.1, 0.15) is 6.54 Å². The van der Waals surface area contributed by atoms with Gasteiger partial charge in [-0.25, -0.2) is 8.42 Å². The number of anilines is 2. The molecule has 150 valence electrons. The van der Waals surface area contributed by atoms with Crippen molar-refractivity contribution >= 4 is 27.3 Å². The Kier molecular flexibility index (Phi) is 6.03. The van der Waals surface area contributed by atoms with E-state index in [4.69, 9.17) is 0 Å². The van der Waals surface area contributed by atoms with Gasteiger partial charge in [-0.1, -0.05) is 42.0 Å². The highest BCUT2D eigenvalue weighted by Crippen LogP contribution is 2.26. The molecule has 1 N–H and O–H groups in total. The molecule has 29 heavy (non-hydrogen) atoms. The monoisotopic (exact) mass is 408 g/mol. The smallest absolute Gasteiger partial charge is 0.264 e. The molecule has 0 heterocycles. The molecular weight excluding hydrogens is 384 g/mol. The van der Waals surface area contributed by atoms with E-state index in [1.54, 1.807) is 60.7 Å². The fraction of sp³-hybridized carbons (Fsp3) is 0.174. The molecule has 5 nitrogen and oxygen atoms in total. The lowest BCUT2D eigenvalue weighted by atomic mass is 10.1. The molecule has 0 unspecified atom stereocenters. The summed E-state index contributed by atoms with van der Waals surface area (Å²) in [6, 6.07) is 21.0. The third-order valence-corrected chi connectivity index (χ3v) is 6.52. The van der Waals surface area contributed by atoms with Gasteiger partial charge in [0.2, 0.25) is 5.91 Å². The van der Waals surface area contributed by atoms with Gasteiger partial charge in [-0.3, -0.25) is 9.10 Å². The summed E-state index contributed by atoms with van der Waals surface area (Å²) in [6.45, 7) is 5.44. The number of carbonyl (C=O) groups is 1. The van der Waals surface area contributed by atoms with Crippen molar-refractivity contribution in [2.45, 2.75) is 25.7 Å². The van der Waals surface area contributed by atoms with E-state index in [1.807, 2.05) is 32.9 Å². The van der Waals surface area contributed by atoms with Gasteiger partial charge in [-0.15, -0.1) is 0 Å². The predicted octanol–water partition coefficient (Wildman–Crippen LogP) is 4.45. The molecule has 0 saturated heterocycles. The van der Waals surface area contributed by atoms with E-state index >= 15 is 0 Å². The number of aryl methyl sites for hydroxylation is 3. The highest BCUT2D eigenvalue weighted by molar-refractivity contribution is 7.92. The number of amides is 1. The van der Waals surface area contributed by atoms with Crippen LogP contribution in [0.15, 0.2) is 77.7 Å². The van der Waals surface area contributed by atoms with Crippen molar-refractivity contribution < 1.29 is 13.2 Å². The summed E-state index contributed by atoms with van der Waals surface area (Å²) >= 11 is 0. The number of nitrogens with one attached hydrogen (secondary N) is 1. The van der Waals surface area contributed by atoms with Crippen molar-refractivity contribution in [2.24, 2.45) is 0 Å². The number of hydrogen-bond acceptors (Lipinski definition) is 3. The van der Waals surface area contributed by atoms with Crippen LogP contribution >= 0.6 is 0 Å². The maximum atomic E-state index is 13.4. The zero-order valence-corrected chi connectivity index (χ0v) is 17.5. The van der Waals surface area contributed by atoms with Crippen LogP contribution in [-0.2, 0) is 14.8 Å². The van der Waals surface area contributed by atoms with Gasteiger partial charge in [0.25, 0.3) is 10.0 Å². The second-order valence-electron chi connectivity index (χ2n) is 7.01. The standard InChI is InChI=1S/C23H24N2O3S/c1-17-9-13-22(14-10-17)29(27,28)25(21-12-11-18(2)19(3)15-21)16-23(26)24-20-7-5-4-6-8-20/h4-15H,16H2,1-3H3,(H,24,26). The summed E-state index contributed by atoms with van der Waals surface area (Å²) in [4.78, 5) is 12.8. The number of nitrogens with zero attached hydrogens (tertiary/aromatic N) is 1. The fourth-order valence-corrected chi connectivity index (χ4v) is 4.30. The molecular formula is C23H24N2O3S. The predicted molar refractivity (Wildman–Crippen MR) is 117 cm³/mol. The topological polar surface area (TPSA) is 66.5 Å². The minimum Gasteiger partial charge on any atom is -0.325 e. The van der Waals surface area contributed by atoms with Crippen LogP contribution in [0.25, 0.3) is 0 Å². The Morgan fingerprint density at radius 1 is 0.862 bits per heavy atom. The van der Waals surface area contributed by atoms with Crippen molar-refractivity contribution in [3.05, 3.63) is 89.5 Å². The molecule has 6 heteroatoms. The first-order chi connectivity index (χ1) is 13.8. The van der Waals surface area contributed by atoms with Crippen LogP contribution in [0.1, 0.15) is 16.7 Å². The fourth-order valence-electron chi connectivity index (χ4n) is 2.89. The zero-order valence-electron chi connectivity index (χ0n) is 16.7. The first-order valence-electron chi connectivity index (χ1n) is 9.29. The lowest BCUT2D eigenvalue weighted by molar-refractivity contribution is -0.114. The van der Waals surface area contributed by atoms with Crippen molar-refractivity contribution in [2.75, 3.05) is 16.2 Å². The zero-order chi connectivity index (χ0) is 21.0. The van der Waals surface area contributed by atoms with Crippen molar-refractivity contribution in [1.82, 2.24) is 0 Å². The summed E-state index contributed by atoms with van der Waals surface area (Å²) < 4.78 is 27.9. The Balaban J connectivity index is 1.98. The van der Waals surface area contributed by atoms with E-state index < -0.39 is 15.9 Å². The molecule has 0 saturated carbocycles. The summed E-state index contributed by atoms with van der Waals surface area (Å²) in [5, 5.41) is 2.76. The van der Waals surface area contributed by atoms with E-state index in [-0.39, 0.29) is 11.4 Å². The Bertz CT molecular complexity index is 1110. The summed E-state index contributed by atoms with van der Waals surface area (Å²) in [7, 11) is -3.92. The second-order valence-corrected chi connectivity index (χ2v) is 8.87. The van der Waals surface area contributed by atoms with Gasteiger partial charge < -0.3 is 5.32 Å². The number of carbonyl (C=O) groups excluding carboxylic acids is 1. The minimum absolute atomic E-state index is 0.147. The van der Waals surface area contributed by atoms with Gasteiger partial charge in [0, 0.05) is 5.69 Å². The van der Waals surface area contributed by atoms with Gasteiger partial charge in [-0.05, 0) is 68.3 Å². The van der Waals surface area contributed by atoms with E-state index in [1.165, 1.54) is 0 Å². The quantitative estimate of drug-likeness (QED) is 0.655.